The van der Waals surface area contributed by atoms with Gasteiger partial charge in [-0.2, -0.15) is 0 Å². The van der Waals surface area contributed by atoms with Crippen molar-refractivity contribution in [3.63, 3.8) is 0 Å². The minimum Gasteiger partial charge on any atom is -0.472 e. The predicted molar refractivity (Wildman–Crippen MR) is 63.2 cm³/mol. The molecule has 2 rings (SSSR count). The van der Waals surface area contributed by atoms with Crippen LogP contribution in [0.2, 0.25) is 0 Å². The first-order valence-corrected chi connectivity index (χ1v) is 6.15. The van der Waals surface area contributed by atoms with E-state index < -0.39 is 0 Å². The molecular weight excluding hydrogens is 284 g/mol. The molecule has 0 saturated carbocycles. The average molecular weight is 292 g/mol. The van der Waals surface area contributed by atoms with Gasteiger partial charge in [-0.1, -0.05) is 0 Å². The van der Waals surface area contributed by atoms with E-state index in [0.29, 0.717) is 0 Å². The van der Waals surface area contributed by atoms with Gasteiger partial charge in [-0.15, -0.1) is 22.9 Å². The molecule has 0 aliphatic rings. The van der Waals surface area contributed by atoms with Gasteiger partial charge in [0, 0.05) is 19.8 Å². The molecule has 0 aliphatic heterocycles. The molecule has 0 aliphatic carbocycles. The van der Waals surface area contributed by atoms with Crippen molar-refractivity contribution in [2.24, 2.45) is 0 Å². The summed E-state index contributed by atoms with van der Waals surface area (Å²) in [4.78, 5) is 2.38. The van der Waals surface area contributed by atoms with E-state index in [9.17, 15) is 0 Å². The molecule has 1 nitrogen and oxygen atoms in total. The molecule has 1 atom stereocenters. The number of halogens is 2. The quantitative estimate of drug-likeness (QED) is 0.728. The summed E-state index contributed by atoms with van der Waals surface area (Å²) in [5, 5.41) is -0.108. The number of aryl methyl sites for hydroxylation is 1. The molecule has 1 unspecified atom stereocenters. The minimum atomic E-state index is -0.108. The summed E-state index contributed by atoms with van der Waals surface area (Å²) >= 11 is 11.5. The lowest BCUT2D eigenvalue weighted by molar-refractivity contribution is 0.564. The largest absolute Gasteiger partial charge is 0.472 e. The summed E-state index contributed by atoms with van der Waals surface area (Å²) in [6.45, 7) is 2.07. The molecule has 2 aromatic rings. The van der Waals surface area contributed by atoms with E-state index in [1.54, 1.807) is 23.9 Å². The van der Waals surface area contributed by atoms with Crippen molar-refractivity contribution in [3.05, 3.63) is 44.4 Å². The van der Waals surface area contributed by atoms with Crippen LogP contribution in [0, 0.1) is 6.92 Å². The molecule has 0 bridgehead atoms. The van der Waals surface area contributed by atoms with E-state index in [-0.39, 0.29) is 5.38 Å². The number of hydrogen-bond donors (Lipinski definition) is 0. The van der Waals surface area contributed by atoms with Crippen molar-refractivity contribution in [3.8, 4) is 0 Å². The Labute approximate surface area is 99.8 Å². The Morgan fingerprint density at radius 2 is 2.36 bits per heavy atom. The zero-order valence-electron chi connectivity index (χ0n) is 7.46. The Morgan fingerprint density at radius 3 is 2.86 bits per heavy atom. The standard InChI is InChI=1S/C10H8BrClOS/c1-6-8(11)4-9(14-6)10(12)7-2-3-13-5-7/h2-5,10H,1H3. The van der Waals surface area contributed by atoms with E-state index in [1.165, 1.54) is 4.88 Å². The monoisotopic (exact) mass is 290 g/mol. The highest BCUT2D eigenvalue weighted by molar-refractivity contribution is 9.10. The van der Waals surface area contributed by atoms with E-state index in [2.05, 4.69) is 28.9 Å². The van der Waals surface area contributed by atoms with Gasteiger partial charge < -0.3 is 4.42 Å². The van der Waals surface area contributed by atoms with Crippen molar-refractivity contribution < 1.29 is 4.42 Å². The van der Waals surface area contributed by atoms with Gasteiger partial charge >= 0.3 is 0 Å². The molecule has 14 heavy (non-hydrogen) atoms. The maximum absolute atomic E-state index is 6.29. The van der Waals surface area contributed by atoms with E-state index in [1.807, 2.05) is 6.07 Å². The molecule has 4 heteroatoms. The molecule has 2 aromatic heterocycles. The Kier molecular flexibility index (Phi) is 3.00. The maximum atomic E-state index is 6.29. The second-order valence-corrected chi connectivity index (χ2v) is 5.55. The lowest BCUT2D eigenvalue weighted by Gasteiger charge is -2.02. The third-order valence-corrected chi connectivity index (χ3v) is 4.78. The van der Waals surface area contributed by atoms with Crippen LogP contribution in [0.4, 0.5) is 0 Å². The van der Waals surface area contributed by atoms with E-state index in [0.717, 1.165) is 14.9 Å². The molecular formula is C10H8BrClOS. The number of rotatable bonds is 2. The van der Waals surface area contributed by atoms with Crippen molar-refractivity contribution in [1.82, 2.24) is 0 Å². The lowest BCUT2D eigenvalue weighted by atomic mass is 10.2. The SMILES string of the molecule is Cc1sc(C(Cl)c2ccoc2)cc1Br. The molecule has 0 spiro atoms. The molecule has 0 amide bonds. The first kappa shape index (κ1) is 10.3. The Bertz CT molecular complexity index is 402. The van der Waals surface area contributed by atoms with Crippen LogP contribution in [-0.4, -0.2) is 0 Å². The van der Waals surface area contributed by atoms with Crippen molar-refractivity contribution >= 4 is 38.9 Å². The van der Waals surface area contributed by atoms with Crippen LogP contribution in [0.25, 0.3) is 0 Å². The van der Waals surface area contributed by atoms with Gasteiger partial charge in [0.15, 0.2) is 0 Å². The van der Waals surface area contributed by atoms with Crippen LogP contribution in [0.3, 0.4) is 0 Å². The highest BCUT2D eigenvalue weighted by Crippen LogP contribution is 2.37. The summed E-state index contributed by atoms with van der Waals surface area (Å²) in [6, 6.07) is 3.95. The highest BCUT2D eigenvalue weighted by Gasteiger charge is 2.15. The summed E-state index contributed by atoms with van der Waals surface area (Å²) in [5.41, 5.74) is 1.00. The minimum absolute atomic E-state index is 0.108. The normalized spacial score (nSPS) is 13.1. The van der Waals surface area contributed by atoms with Gasteiger partial charge in [0.1, 0.15) is 0 Å². The average Bonchev–Trinajstić information content (AvgIpc) is 2.76. The third kappa shape index (κ3) is 1.90. The summed E-state index contributed by atoms with van der Waals surface area (Å²) in [7, 11) is 0. The van der Waals surface area contributed by atoms with E-state index >= 15 is 0 Å². The molecule has 74 valence electrons. The zero-order chi connectivity index (χ0) is 10.1. The Morgan fingerprint density at radius 1 is 1.57 bits per heavy atom. The summed E-state index contributed by atoms with van der Waals surface area (Å²) in [5.74, 6) is 0. The third-order valence-electron chi connectivity index (χ3n) is 1.96. The second-order valence-electron chi connectivity index (χ2n) is 2.97. The molecule has 0 aromatic carbocycles. The smallest absolute Gasteiger partial charge is 0.0959 e. The van der Waals surface area contributed by atoms with Crippen molar-refractivity contribution in [2.45, 2.75) is 12.3 Å². The number of alkyl halides is 1. The number of furan rings is 1. The second kappa shape index (κ2) is 4.09. The van der Waals surface area contributed by atoms with Gasteiger partial charge in [0.25, 0.3) is 0 Å². The van der Waals surface area contributed by atoms with E-state index in [4.69, 9.17) is 16.0 Å². The maximum Gasteiger partial charge on any atom is 0.0959 e. The van der Waals surface area contributed by atoms with Gasteiger partial charge in [-0.25, -0.2) is 0 Å². The first-order valence-electron chi connectivity index (χ1n) is 4.10. The van der Waals surface area contributed by atoms with Crippen LogP contribution in [0.15, 0.2) is 33.5 Å². The fourth-order valence-electron chi connectivity index (χ4n) is 1.19. The zero-order valence-corrected chi connectivity index (χ0v) is 10.6. The number of hydrogen-bond acceptors (Lipinski definition) is 2. The number of thiophene rings is 1. The molecule has 0 N–H and O–H groups in total. The van der Waals surface area contributed by atoms with Crippen LogP contribution >= 0.6 is 38.9 Å². The molecule has 0 saturated heterocycles. The van der Waals surface area contributed by atoms with Gasteiger partial charge in [-0.05, 0) is 35.0 Å². The van der Waals surface area contributed by atoms with Crippen LogP contribution in [0.5, 0.6) is 0 Å². The molecule has 0 radical (unpaired) electrons. The van der Waals surface area contributed by atoms with Crippen molar-refractivity contribution in [2.75, 3.05) is 0 Å². The predicted octanol–water partition coefficient (Wildman–Crippen LogP) is 4.74. The van der Waals surface area contributed by atoms with Crippen LogP contribution in [0.1, 0.15) is 20.7 Å². The van der Waals surface area contributed by atoms with Crippen LogP contribution in [-0.2, 0) is 0 Å². The first-order chi connectivity index (χ1) is 6.68. The Balaban J connectivity index is 2.32. The lowest BCUT2D eigenvalue weighted by Crippen LogP contribution is -1.85. The van der Waals surface area contributed by atoms with Crippen molar-refractivity contribution in [1.29, 1.82) is 0 Å². The highest BCUT2D eigenvalue weighted by atomic mass is 79.9. The fraction of sp³-hybridized carbons (Fsp3) is 0.200. The Hall–Kier alpha value is -0.250. The topological polar surface area (TPSA) is 13.1 Å². The van der Waals surface area contributed by atoms with Gasteiger partial charge in [0.05, 0.1) is 17.9 Å². The molecule has 2 heterocycles. The van der Waals surface area contributed by atoms with Gasteiger partial charge in [0.2, 0.25) is 0 Å². The van der Waals surface area contributed by atoms with Gasteiger partial charge in [-0.3, -0.25) is 0 Å². The fourth-order valence-corrected chi connectivity index (χ4v) is 3.08. The summed E-state index contributed by atoms with van der Waals surface area (Å²) < 4.78 is 6.12. The summed E-state index contributed by atoms with van der Waals surface area (Å²) in [6.07, 6.45) is 3.32. The van der Waals surface area contributed by atoms with Crippen LogP contribution < -0.4 is 0 Å². The molecule has 0 fully saturated rings.